The molecule has 0 radical (unpaired) electrons. The van der Waals surface area contributed by atoms with Crippen molar-refractivity contribution in [1.82, 2.24) is 0 Å². The Bertz CT molecular complexity index is 396. The van der Waals surface area contributed by atoms with Crippen LogP contribution in [-0.2, 0) is 0 Å². The third-order valence-corrected chi connectivity index (χ3v) is 6.23. The van der Waals surface area contributed by atoms with E-state index < -0.39 is 5.60 Å². The van der Waals surface area contributed by atoms with Crippen molar-refractivity contribution in [2.45, 2.75) is 92.1 Å². The lowest BCUT2D eigenvalue weighted by Crippen LogP contribution is -2.45. The van der Waals surface area contributed by atoms with Crippen molar-refractivity contribution in [1.29, 1.82) is 0 Å². The fraction of sp³-hybridized carbons (Fsp3) is 0.895. The zero-order chi connectivity index (χ0) is 15.2. The van der Waals surface area contributed by atoms with Crippen LogP contribution in [0.2, 0.25) is 0 Å². The fourth-order valence-corrected chi connectivity index (χ4v) is 5.12. The van der Waals surface area contributed by atoms with Gasteiger partial charge >= 0.3 is 0 Å². The molecule has 0 aromatic heterocycles. The van der Waals surface area contributed by atoms with Crippen LogP contribution in [-0.4, -0.2) is 10.7 Å². The van der Waals surface area contributed by atoms with E-state index in [4.69, 9.17) is 0 Å². The molecule has 20 heavy (non-hydrogen) atoms. The summed E-state index contributed by atoms with van der Waals surface area (Å²) in [5, 5.41) is 10.1. The van der Waals surface area contributed by atoms with Crippen molar-refractivity contribution >= 4 is 0 Å². The molecule has 2 rings (SSSR count). The fourth-order valence-electron chi connectivity index (χ4n) is 5.12. The van der Waals surface area contributed by atoms with Gasteiger partial charge in [0.15, 0.2) is 0 Å². The van der Waals surface area contributed by atoms with E-state index in [-0.39, 0.29) is 0 Å². The van der Waals surface area contributed by atoms with Gasteiger partial charge in [-0.25, -0.2) is 0 Å². The van der Waals surface area contributed by atoms with E-state index in [0.717, 1.165) is 18.8 Å². The van der Waals surface area contributed by atoms with Crippen LogP contribution in [0.25, 0.3) is 0 Å². The van der Waals surface area contributed by atoms with E-state index >= 15 is 0 Å². The van der Waals surface area contributed by atoms with Gasteiger partial charge in [-0.15, -0.1) is 0 Å². The van der Waals surface area contributed by atoms with E-state index in [0.29, 0.717) is 10.8 Å². The second-order valence-corrected chi connectivity index (χ2v) is 8.92. The predicted octanol–water partition coefficient (Wildman–Crippen LogP) is 5.48. The largest absolute Gasteiger partial charge is 0.390 e. The molecule has 1 N–H and O–H groups in total. The first-order valence-corrected chi connectivity index (χ1v) is 8.48. The maximum Gasteiger partial charge on any atom is 0.0594 e. The average Bonchev–Trinajstić information content (AvgIpc) is 2.24. The summed E-state index contributed by atoms with van der Waals surface area (Å²) in [6.07, 6.45) is 8.69. The van der Waals surface area contributed by atoms with E-state index in [1.807, 2.05) is 13.8 Å². The summed E-state index contributed by atoms with van der Waals surface area (Å²) in [5.74, 6) is 0.823. The van der Waals surface area contributed by atoms with Gasteiger partial charge in [0.1, 0.15) is 0 Å². The van der Waals surface area contributed by atoms with E-state index in [2.05, 4.69) is 27.7 Å². The van der Waals surface area contributed by atoms with Crippen LogP contribution in [0, 0.1) is 16.7 Å². The van der Waals surface area contributed by atoms with Crippen LogP contribution >= 0.6 is 0 Å². The Morgan fingerprint density at radius 2 is 1.85 bits per heavy atom. The van der Waals surface area contributed by atoms with Crippen molar-refractivity contribution in [3.05, 3.63) is 11.1 Å². The van der Waals surface area contributed by atoms with Crippen molar-refractivity contribution in [3.63, 3.8) is 0 Å². The molecule has 2 aliphatic carbocycles. The van der Waals surface area contributed by atoms with Crippen LogP contribution in [0.15, 0.2) is 11.1 Å². The van der Waals surface area contributed by atoms with Crippen molar-refractivity contribution in [2.75, 3.05) is 0 Å². The third kappa shape index (κ3) is 2.98. The topological polar surface area (TPSA) is 20.2 Å². The zero-order valence-electron chi connectivity index (χ0n) is 14.5. The molecule has 0 bridgehead atoms. The number of fused-ring (bicyclic) bond motifs is 1. The molecule has 0 aromatic carbocycles. The van der Waals surface area contributed by atoms with Gasteiger partial charge in [-0.2, -0.15) is 0 Å². The Kier molecular flexibility index (Phi) is 4.15. The first-order valence-electron chi connectivity index (χ1n) is 8.48. The van der Waals surface area contributed by atoms with Gasteiger partial charge in [0, 0.05) is 0 Å². The molecule has 0 aromatic rings. The predicted molar refractivity (Wildman–Crippen MR) is 86.7 cm³/mol. The molecule has 1 nitrogen and oxygen atoms in total. The summed E-state index contributed by atoms with van der Waals surface area (Å²) in [7, 11) is 0. The quantitative estimate of drug-likeness (QED) is 0.678. The Hall–Kier alpha value is -0.300. The minimum absolute atomic E-state index is 0.384. The normalized spacial score (nSPS) is 34.0. The molecule has 116 valence electrons. The first kappa shape index (κ1) is 16.1. The van der Waals surface area contributed by atoms with E-state index in [9.17, 15) is 5.11 Å². The maximum atomic E-state index is 10.1. The van der Waals surface area contributed by atoms with Gasteiger partial charge in [0.05, 0.1) is 5.60 Å². The second-order valence-electron chi connectivity index (χ2n) is 8.92. The highest BCUT2D eigenvalue weighted by atomic mass is 16.3. The molecule has 1 saturated carbocycles. The average molecular weight is 278 g/mol. The van der Waals surface area contributed by atoms with Gasteiger partial charge < -0.3 is 5.11 Å². The SMILES string of the molecule is CC1=C(CCC(C)(C)O)[C@@]2(C)CCCC(C)(C)[C@@H]2CC1. The molecule has 2 aliphatic rings. The van der Waals surface area contributed by atoms with Gasteiger partial charge in [-0.1, -0.05) is 38.3 Å². The highest BCUT2D eigenvalue weighted by Crippen LogP contribution is 2.60. The summed E-state index contributed by atoms with van der Waals surface area (Å²) in [6, 6.07) is 0. The van der Waals surface area contributed by atoms with Crippen molar-refractivity contribution in [2.24, 2.45) is 16.7 Å². The summed E-state index contributed by atoms with van der Waals surface area (Å²) in [5.41, 5.74) is 3.62. The lowest BCUT2D eigenvalue weighted by atomic mass is 9.50. The summed E-state index contributed by atoms with van der Waals surface area (Å²) >= 11 is 0. The smallest absolute Gasteiger partial charge is 0.0594 e. The monoisotopic (exact) mass is 278 g/mol. The highest BCUT2D eigenvalue weighted by molar-refractivity contribution is 5.27. The molecule has 0 aliphatic heterocycles. The van der Waals surface area contributed by atoms with E-state index in [1.54, 1.807) is 11.1 Å². The summed E-state index contributed by atoms with van der Waals surface area (Å²) in [6.45, 7) is 13.7. The van der Waals surface area contributed by atoms with Crippen LogP contribution in [0.4, 0.5) is 0 Å². The highest BCUT2D eigenvalue weighted by Gasteiger charge is 2.49. The molecule has 2 atom stereocenters. The standard InChI is InChI=1S/C19H34O/c1-14-8-9-16-17(2,3)11-7-12-19(16,6)15(14)10-13-18(4,5)20/h16,20H,7-13H2,1-6H3/t16-,19+/m0/s1. The van der Waals surface area contributed by atoms with Gasteiger partial charge in [0.2, 0.25) is 0 Å². The lowest BCUT2D eigenvalue weighted by Gasteiger charge is -2.55. The second kappa shape index (κ2) is 5.16. The number of allylic oxidation sites excluding steroid dienone is 2. The summed E-state index contributed by atoms with van der Waals surface area (Å²) in [4.78, 5) is 0. The number of hydrogen-bond acceptors (Lipinski definition) is 1. The lowest BCUT2D eigenvalue weighted by molar-refractivity contribution is 0.00647. The molecule has 0 spiro atoms. The minimum Gasteiger partial charge on any atom is -0.390 e. The van der Waals surface area contributed by atoms with Crippen molar-refractivity contribution in [3.8, 4) is 0 Å². The Labute approximate surface area is 125 Å². The molecule has 0 saturated heterocycles. The summed E-state index contributed by atoms with van der Waals surface area (Å²) < 4.78 is 0. The number of aliphatic hydroxyl groups is 1. The Balaban J connectivity index is 2.28. The number of rotatable bonds is 3. The molecule has 0 heterocycles. The van der Waals surface area contributed by atoms with Crippen LogP contribution in [0.1, 0.15) is 86.5 Å². The van der Waals surface area contributed by atoms with Crippen LogP contribution < -0.4 is 0 Å². The van der Waals surface area contributed by atoms with E-state index in [1.165, 1.54) is 32.1 Å². The maximum absolute atomic E-state index is 10.1. The molecule has 1 heteroatoms. The molecular formula is C19H34O. The molecular weight excluding hydrogens is 244 g/mol. The van der Waals surface area contributed by atoms with Gasteiger partial charge in [0.25, 0.3) is 0 Å². The number of hydrogen-bond donors (Lipinski definition) is 1. The molecule has 1 fully saturated rings. The van der Waals surface area contributed by atoms with Gasteiger partial charge in [-0.05, 0) is 76.0 Å². The Morgan fingerprint density at radius 1 is 1.20 bits per heavy atom. The zero-order valence-corrected chi connectivity index (χ0v) is 14.5. The van der Waals surface area contributed by atoms with Crippen molar-refractivity contribution < 1.29 is 5.11 Å². The van der Waals surface area contributed by atoms with Crippen LogP contribution in [0.3, 0.4) is 0 Å². The first-order chi connectivity index (χ1) is 9.06. The molecule has 0 unspecified atom stereocenters. The minimum atomic E-state index is -0.541. The molecule has 0 amide bonds. The Morgan fingerprint density at radius 3 is 2.45 bits per heavy atom. The van der Waals surface area contributed by atoms with Crippen LogP contribution in [0.5, 0.6) is 0 Å². The van der Waals surface area contributed by atoms with Gasteiger partial charge in [-0.3, -0.25) is 0 Å². The third-order valence-electron chi connectivity index (χ3n) is 6.23.